The first-order chi connectivity index (χ1) is 10.0. The molecule has 21 heavy (non-hydrogen) atoms. The van der Waals surface area contributed by atoms with E-state index >= 15 is 0 Å². The van der Waals surface area contributed by atoms with Crippen LogP contribution in [0.3, 0.4) is 0 Å². The lowest BCUT2D eigenvalue weighted by molar-refractivity contribution is 0.0693. The summed E-state index contributed by atoms with van der Waals surface area (Å²) in [6.45, 7) is 0. The second-order valence-electron chi connectivity index (χ2n) is 3.82. The number of imidazole rings is 2. The number of fused-ring (bicyclic) bond motifs is 2. The molecule has 4 aromatic rings. The van der Waals surface area contributed by atoms with Crippen molar-refractivity contribution in [2.45, 2.75) is 0 Å². The largest absolute Gasteiger partial charge is 0.476 e. The second-order valence-corrected chi connectivity index (χ2v) is 8.67. The fraction of sp³-hybridized carbons (Fsp3) is 0. The molecule has 6 nitrogen and oxygen atoms in total. The van der Waals surface area contributed by atoms with Crippen LogP contribution in [-0.2, 0) is 0 Å². The summed E-state index contributed by atoms with van der Waals surface area (Å²) in [5.74, 6) is -0.994. The SMILES string of the molecule is Brc1cn2cncc2s1.O=C(O)c1ncn2cc(Br)sc12. The van der Waals surface area contributed by atoms with Crippen molar-refractivity contribution in [2.24, 2.45) is 0 Å². The number of aromatic carboxylic acids is 1. The molecule has 0 aliphatic heterocycles. The van der Waals surface area contributed by atoms with Gasteiger partial charge in [-0.15, -0.1) is 22.7 Å². The van der Waals surface area contributed by atoms with Gasteiger partial charge in [-0.3, -0.25) is 8.80 Å². The van der Waals surface area contributed by atoms with Gasteiger partial charge in [0, 0.05) is 12.4 Å². The number of carbonyl (C=O) groups is 1. The Morgan fingerprint density at radius 3 is 2.57 bits per heavy atom. The van der Waals surface area contributed by atoms with Gasteiger partial charge < -0.3 is 5.11 Å². The summed E-state index contributed by atoms with van der Waals surface area (Å²) in [6.07, 6.45) is 8.89. The van der Waals surface area contributed by atoms with Crippen LogP contribution in [0, 0.1) is 0 Å². The molecule has 0 fully saturated rings. The van der Waals surface area contributed by atoms with Crippen LogP contribution >= 0.6 is 54.5 Å². The lowest BCUT2D eigenvalue weighted by atomic mass is 10.5. The number of thiazole rings is 2. The minimum Gasteiger partial charge on any atom is -0.476 e. The third-order valence-corrected chi connectivity index (χ3v) is 5.56. The van der Waals surface area contributed by atoms with Gasteiger partial charge in [0.15, 0.2) is 5.69 Å². The lowest BCUT2D eigenvalue weighted by Crippen LogP contribution is -1.95. The van der Waals surface area contributed by atoms with Crippen LogP contribution < -0.4 is 0 Å². The Balaban J connectivity index is 0.000000131. The standard InChI is InChI=1S/C6H3BrN2O2S.C5H3BrN2S/c7-3-1-9-2-8-4(6(10)11)5(9)12-3;6-4-2-8-3-7-1-5(8)9-4/h1-2H,(H,10,11);1-3H. The maximum Gasteiger partial charge on any atom is 0.357 e. The molecule has 0 aliphatic carbocycles. The van der Waals surface area contributed by atoms with Gasteiger partial charge in [0.25, 0.3) is 0 Å². The molecule has 0 bridgehead atoms. The molecule has 108 valence electrons. The quantitative estimate of drug-likeness (QED) is 0.476. The van der Waals surface area contributed by atoms with Crippen LogP contribution in [0.1, 0.15) is 10.5 Å². The number of rotatable bonds is 1. The smallest absolute Gasteiger partial charge is 0.357 e. The lowest BCUT2D eigenvalue weighted by Gasteiger charge is -1.82. The highest BCUT2D eigenvalue weighted by molar-refractivity contribution is 9.11. The molecule has 0 spiro atoms. The van der Waals surface area contributed by atoms with Crippen LogP contribution in [-0.4, -0.2) is 29.8 Å². The van der Waals surface area contributed by atoms with Crippen LogP contribution in [0.15, 0.2) is 38.8 Å². The van der Waals surface area contributed by atoms with Crippen molar-refractivity contribution in [1.29, 1.82) is 0 Å². The zero-order valence-electron chi connectivity index (χ0n) is 10.1. The zero-order chi connectivity index (χ0) is 15.0. The molecular weight excluding hydrogens is 444 g/mol. The topological polar surface area (TPSA) is 71.9 Å². The first-order valence-electron chi connectivity index (χ1n) is 5.47. The molecule has 0 amide bonds. The number of carboxylic acids is 1. The molecule has 4 rings (SSSR count). The van der Waals surface area contributed by atoms with E-state index in [-0.39, 0.29) is 5.69 Å². The Bertz CT molecular complexity index is 895. The molecule has 4 heterocycles. The van der Waals surface area contributed by atoms with E-state index in [1.54, 1.807) is 28.3 Å². The molecule has 0 atom stereocenters. The summed E-state index contributed by atoms with van der Waals surface area (Å²) in [5.41, 5.74) is 0.103. The van der Waals surface area contributed by atoms with Crippen LogP contribution in [0.4, 0.5) is 0 Å². The molecule has 0 aromatic carbocycles. The van der Waals surface area contributed by atoms with Crippen molar-refractivity contribution < 1.29 is 9.90 Å². The minimum atomic E-state index is -0.994. The Morgan fingerprint density at radius 1 is 1.14 bits per heavy atom. The summed E-state index contributed by atoms with van der Waals surface area (Å²) in [6, 6.07) is 0. The highest BCUT2D eigenvalue weighted by Gasteiger charge is 2.13. The maximum absolute atomic E-state index is 10.6. The minimum absolute atomic E-state index is 0.103. The molecule has 0 radical (unpaired) electrons. The molecule has 0 saturated carbocycles. The molecule has 0 aliphatic rings. The van der Waals surface area contributed by atoms with Crippen molar-refractivity contribution >= 4 is 70.2 Å². The van der Waals surface area contributed by atoms with E-state index in [4.69, 9.17) is 5.11 Å². The summed E-state index contributed by atoms with van der Waals surface area (Å²) < 4.78 is 5.69. The van der Waals surface area contributed by atoms with Gasteiger partial charge in [0.05, 0.1) is 20.1 Å². The number of aromatic nitrogens is 4. The zero-order valence-corrected chi connectivity index (χ0v) is 14.9. The predicted octanol–water partition coefficient (Wildman–Crippen LogP) is 4.01. The van der Waals surface area contributed by atoms with Crippen LogP contribution in [0.25, 0.3) is 9.66 Å². The van der Waals surface area contributed by atoms with E-state index in [1.807, 2.05) is 16.8 Å². The molecule has 0 saturated heterocycles. The van der Waals surface area contributed by atoms with Crippen LogP contribution in [0.5, 0.6) is 0 Å². The Hall–Kier alpha value is -1.23. The van der Waals surface area contributed by atoms with Crippen molar-refractivity contribution in [2.75, 3.05) is 0 Å². The molecule has 4 aromatic heterocycles. The highest BCUT2D eigenvalue weighted by atomic mass is 79.9. The van der Waals surface area contributed by atoms with Gasteiger partial charge in [0.1, 0.15) is 16.0 Å². The maximum atomic E-state index is 10.6. The average Bonchev–Trinajstić information content (AvgIpc) is 3.08. The van der Waals surface area contributed by atoms with Crippen molar-refractivity contribution in [3.8, 4) is 0 Å². The van der Waals surface area contributed by atoms with Gasteiger partial charge in [-0.25, -0.2) is 14.8 Å². The van der Waals surface area contributed by atoms with Crippen molar-refractivity contribution in [1.82, 2.24) is 18.8 Å². The van der Waals surface area contributed by atoms with Crippen LogP contribution in [0.2, 0.25) is 0 Å². The molecule has 1 N–H and O–H groups in total. The molecule has 0 unspecified atom stereocenters. The van der Waals surface area contributed by atoms with Gasteiger partial charge in [-0.2, -0.15) is 0 Å². The highest BCUT2D eigenvalue weighted by Crippen LogP contribution is 2.25. The third-order valence-electron chi connectivity index (χ3n) is 2.46. The van der Waals surface area contributed by atoms with Gasteiger partial charge >= 0.3 is 5.97 Å². The van der Waals surface area contributed by atoms with E-state index in [2.05, 4.69) is 41.8 Å². The van der Waals surface area contributed by atoms with Gasteiger partial charge in [0.2, 0.25) is 0 Å². The average molecular weight is 450 g/mol. The number of hydrogen-bond donors (Lipinski definition) is 1. The van der Waals surface area contributed by atoms with E-state index in [0.717, 1.165) is 7.57 Å². The molecule has 10 heteroatoms. The predicted molar refractivity (Wildman–Crippen MR) is 88.5 cm³/mol. The fourth-order valence-electron chi connectivity index (χ4n) is 1.62. The number of halogens is 2. The van der Waals surface area contributed by atoms with E-state index in [0.29, 0.717) is 4.83 Å². The summed E-state index contributed by atoms with van der Waals surface area (Å²) >= 11 is 9.66. The number of nitrogens with zero attached hydrogens (tertiary/aromatic N) is 4. The van der Waals surface area contributed by atoms with E-state index in [1.165, 1.54) is 22.5 Å². The third kappa shape index (κ3) is 3.03. The van der Waals surface area contributed by atoms with E-state index in [9.17, 15) is 4.79 Å². The van der Waals surface area contributed by atoms with E-state index < -0.39 is 5.97 Å². The monoisotopic (exact) mass is 448 g/mol. The fourth-order valence-corrected chi connectivity index (χ4v) is 4.50. The summed E-state index contributed by atoms with van der Waals surface area (Å²) in [5, 5.41) is 8.70. The van der Waals surface area contributed by atoms with Gasteiger partial charge in [-0.05, 0) is 31.9 Å². The number of carboxylic acid groups (broad SMARTS) is 1. The number of hydrogen-bond acceptors (Lipinski definition) is 5. The Kier molecular flexibility index (Phi) is 4.11. The Morgan fingerprint density at radius 2 is 1.86 bits per heavy atom. The van der Waals surface area contributed by atoms with Crippen molar-refractivity contribution in [3.63, 3.8) is 0 Å². The normalized spacial score (nSPS) is 10.8. The Labute approximate surface area is 143 Å². The second kappa shape index (κ2) is 5.87. The van der Waals surface area contributed by atoms with Crippen molar-refractivity contribution in [3.05, 3.63) is 44.5 Å². The molecular formula is C11H6Br2N4O2S2. The first-order valence-corrected chi connectivity index (χ1v) is 8.69. The first kappa shape index (κ1) is 14.7. The summed E-state index contributed by atoms with van der Waals surface area (Å²) in [4.78, 5) is 20.1. The summed E-state index contributed by atoms with van der Waals surface area (Å²) in [7, 11) is 0. The van der Waals surface area contributed by atoms with Gasteiger partial charge in [-0.1, -0.05) is 0 Å².